The zero-order valence-corrected chi connectivity index (χ0v) is 17.1. The Labute approximate surface area is 167 Å². The summed E-state index contributed by atoms with van der Waals surface area (Å²) in [5.41, 5.74) is 6.38. The Morgan fingerprint density at radius 3 is 2.50 bits per heavy atom. The molecule has 1 heterocycles. The predicted octanol–water partition coefficient (Wildman–Crippen LogP) is 2.80. The molecule has 0 atom stereocenters. The maximum atomic E-state index is 12.7. The average molecular weight is 501 g/mol. The Morgan fingerprint density at radius 1 is 1.15 bits per heavy atom. The Bertz CT molecular complexity index is 1140. The van der Waals surface area contributed by atoms with Crippen molar-refractivity contribution in [2.45, 2.75) is 4.90 Å². The van der Waals surface area contributed by atoms with E-state index in [-0.39, 0.29) is 16.4 Å². The fraction of sp³-hybridized carbons (Fsp3) is 0.0625. The predicted molar refractivity (Wildman–Crippen MR) is 109 cm³/mol. The van der Waals surface area contributed by atoms with Gasteiger partial charge in [0.1, 0.15) is 0 Å². The second-order valence-corrected chi connectivity index (χ2v) is 9.42. The van der Waals surface area contributed by atoms with Crippen molar-refractivity contribution >= 4 is 71.2 Å². The summed E-state index contributed by atoms with van der Waals surface area (Å²) in [5.74, 6) is -0.982. The van der Waals surface area contributed by atoms with E-state index in [2.05, 4.69) is 4.98 Å². The molecule has 0 aliphatic rings. The standard InChI is InChI=1S/C16H12IN3O4S2/c1-26(23,24)11-5-6-12-13(8-11)25-16(19-12)20(17)15(22)10-4-2-3-9(7-10)14(18)21/h2-8H,1H3,(H2,18,21). The number of sulfone groups is 1. The van der Waals surface area contributed by atoms with E-state index in [1.165, 1.54) is 38.7 Å². The molecule has 0 bridgehead atoms. The third kappa shape index (κ3) is 3.71. The first kappa shape index (κ1) is 18.7. The zero-order chi connectivity index (χ0) is 19.1. The first-order chi connectivity index (χ1) is 12.2. The fourth-order valence-corrected chi connectivity index (χ4v) is 4.52. The van der Waals surface area contributed by atoms with Gasteiger partial charge in [-0.05, 0) is 36.4 Å². The van der Waals surface area contributed by atoms with E-state index in [9.17, 15) is 18.0 Å². The van der Waals surface area contributed by atoms with Gasteiger partial charge >= 0.3 is 0 Å². The van der Waals surface area contributed by atoms with Crippen LogP contribution in [0, 0.1) is 0 Å². The summed E-state index contributed by atoms with van der Waals surface area (Å²) in [6.45, 7) is 0. The van der Waals surface area contributed by atoms with Crippen molar-refractivity contribution in [2.75, 3.05) is 9.37 Å². The van der Waals surface area contributed by atoms with Gasteiger partial charge in [-0.15, -0.1) is 0 Å². The van der Waals surface area contributed by atoms with E-state index in [4.69, 9.17) is 5.73 Å². The van der Waals surface area contributed by atoms with Crippen LogP contribution in [0.5, 0.6) is 0 Å². The number of thiazole rings is 1. The molecule has 0 saturated carbocycles. The lowest BCUT2D eigenvalue weighted by Gasteiger charge is -2.11. The Hall–Kier alpha value is -2.05. The minimum Gasteiger partial charge on any atom is -0.366 e. The lowest BCUT2D eigenvalue weighted by Crippen LogP contribution is -2.20. The van der Waals surface area contributed by atoms with Crippen LogP contribution in [-0.2, 0) is 9.84 Å². The van der Waals surface area contributed by atoms with Crippen molar-refractivity contribution in [3.63, 3.8) is 0 Å². The molecule has 2 N–H and O–H groups in total. The molecule has 2 amide bonds. The number of primary amides is 1. The van der Waals surface area contributed by atoms with E-state index in [0.717, 1.165) is 6.26 Å². The first-order valence-electron chi connectivity index (χ1n) is 7.17. The summed E-state index contributed by atoms with van der Waals surface area (Å²) >= 11 is 3.02. The quantitative estimate of drug-likeness (QED) is 0.437. The summed E-state index contributed by atoms with van der Waals surface area (Å²) in [6, 6.07) is 10.7. The number of nitrogens with two attached hydrogens (primary N) is 1. The average Bonchev–Trinajstić information content (AvgIpc) is 3.03. The van der Waals surface area contributed by atoms with Gasteiger partial charge in [0.25, 0.3) is 5.91 Å². The highest BCUT2D eigenvalue weighted by molar-refractivity contribution is 14.1. The summed E-state index contributed by atoms with van der Waals surface area (Å²) in [4.78, 5) is 28.5. The maximum absolute atomic E-state index is 12.7. The van der Waals surface area contributed by atoms with Crippen LogP contribution in [-0.4, -0.2) is 31.5 Å². The monoisotopic (exact) mass is 501 g/mol. The molecule has 2 aromatic carbocycles. The number of benzene rings is 2. The molecule has 134 valence electrons. The summed E-state index contributed by atoms with van der Waals surface area (Å²) in [5, 5.41) is 0.403. The molecule has 0 fully saturated rings. The van der Waals surface area contributed by atoms with E-state index >= 15 is 0 Å². The van der Waals surface area contributed by atoms with Gasteiger partial charge < -0.3 is 5.73 Å². The molecule has 10 heteroatoms. The number of fused-ring (bicyclic) bond motifs is 1. The van der Waals surface area contributed by atoms with Gasteiger partial charge in [0.05, 0.1) is 38.0 Å². The fourth-order valence-electron chi connectivity index (χ4n) is 2.21. The molecule has 0 aliphatic carbocycles. The number of hydrogen-bond acceptors (Lipinski definition) is 6. The van der Waals surface area contributed by atoms with Crippen LogP contribution in [0.15, 0.2) is 47.4 Å². The highest BCUT2D eigenvalue weighted by Gasteiger charge is 2.20. The molecule has 26 heavy (non-hydrogen) atoms. The number of halogens is 1. The molecule has 7 nitrogen and oxygen atoms in total. The number of nitrogens with zero attached hydrogens (tertiary/aromatic N) is 2. The highest BCUT2D eigenvalue weighted by Crippen LogP contribution is 2.33. The van der Waals surface area contributed by atoms with E-state index in [1.54, 1.807) is 18.2 Å². The molecule has 0 aliphatic heterocycles. The van der Waals surface area contributed by atoms with Gasteiger partial charge in [-0.2, -0.15) is 0 Å². The van der Waals surface area contributed by atoms with Crippen molar-refractivity contribution in [3.05, 3.63) is 53.6 Å². The Kier molecular flexibility index (Phi) is 4.99. The number of anilines is 1. The lowest BCUT2D eigenvalue weighted by atomic mass is 10.1. The lowest BCUT2D eigenvalue weighted by molar-refractivity contribution is 0.1000. The van der Waals surface area contributed by atoms with Gasteiger partial charge in [-0.1, -0.05) is 17.4 Å². The topological polar surface area (TPSA) is 110 Å². The Morgan fingerprint density at radius 2 is 1.85 bits per heavy atom. The first-order valence-corrected chi connectivity index (χ1v) is 10.8. The maximum Gasteiger partial charge on any atom is 0.269 e. The van der Waals surface area contributed by atoms with Gasteiger partial charge in [-0.3, -0.25) is 9.59 Å². The molecule has 0 unspecified atom stereocenters. The largest absolute Gasteiger partial charge is 0.366 e. The molecule has 3 rings (SSSR count). The van der Waals surface area contributed by atoms with Crippen molar-refractivity contribution < 1.29 is 18.0 Å². The molecular weight excluding hydrogens is 489 g/mol. The van der Waals surface area contributed by atoms with Crippen molar-refractivity contribution in [2.24, 2.45) is 5.73 Å². The SMILES string of the molecule is CS(=O)(=O)c1ccc2nc(N(I)C(=O)c3cccc(C(N)=O)c3)sc2c1. The number of carbonyl (C=O) groups excluding carboxylic acids is 2. The minimum atomic E-state index is -3.32. The highest BCUT2D eigenvalue weighted by atomic mass is 127. The second-order valence-electron chi connectivity index (χ2n) is 5.43. The van der Waals surface area contributed by atoms with E-state index in [1.807, 2.05) is 22.9 Å². The van der Waals surface area contributed by atoms with Crippen molar-refractivity contribution in [3.8, 4) is 0 Å². The van der Waals surface area contributed by atoms with Crippen LogP contribution >= 0.6 is 34.2 Å². The third-order valence-electron chi connectivity index (χ3n) is 3.52. The van der Waals surface area contributed by atoms with E-state index in [0.29, 0.717) is 20.9 Å². The van der Waals surface area contributed by atoms with E-state index < -0.39 is 15.7 Å². The second kappa shape index (κ2) is 6.93. The molecular formula is C16H12IN3O4S2. The number of aromatic nitrogens is 1. The molecule has 3 aromatic rings. The molecule has 0 radical (unpaired) electrons. The van der Waals surface area contributed by atoms with Crippen LogP contribution in [0.2, 0.25) is 0 Å². The van der Waals surface area contributed by atoms with Gasteiger partial charge in [-0.25, -0.2) is 16.5 Å². The zero-order valence-electron chi connectivity index (χ0n) is 13.3. The third-order valence-corrected chi connectivity index (χ3v) is 6.85. The van der Waals surface area contributed by atoms with Gasteiger partial charge in [0.2, 0.25) is 11.0 Å². The number of rotatable bonds is 4. The van der Waals surface area contributed by atoms with Crippen molar-refractivity contribution in [1.29, 1.82) is 0 Å². The van der Waals surface area contributed by atoms with Crippen LogP contribution in [0.25, 0.3) is 10.2 Å². The molecule has 0 saturated heterocycles. The molecule has 0 spiro atoms. The van der Waals surface area contributed by atoms with Crippen LogP contribution in [0.4, 0.5) is 5.13 Å². The number of amides is 2. The van der Waals surface area contributed by atoms with Crippen LogP contribution in [0.3, 0.4) is 0 Å². The summed E-state index contributed by atoms with van der Waals surface area (Å²) in [7, 11) is -3.32. The normalized spacial score (nSPS) is 11.5. The number of carbonyl (C=O) groups is 2. The summed E-state index contributed by atoms with van der Waals surface area (Å²) in [6.07, 6.45) is 1.13. The Balaban J connectivity index is 1.96. The number of hydrogen-bond donors (Lipinski definition) is 1. The minimum absolute atomic E-state index is 0.195. The van der Waals surface area contributed by atoms with Crippen LogP contribution < -0.4 is 8.85 Å². The summed E-state index contributed by atoms with van der Waals surface area (Å²) < 4.78 is 25.3. The molecule has 1 aromatic heterocycles. The van der Waals surface area contributed by atoms with Crippen molar-refractivity contribution in [1.82, 2.24) is 4.98 Å². The van der Waals surface area contributed by atoms with Gasteiger partial charge in [0, 0.05) is 17.4 Å². The smallest absolute Gasteiger partial charge is 0.269 e. The van der Waals surface area contributed by atoms with Gasteiger partial charge in [0.15, 0.2) is 9.84 Å². The van der Waals surface area contributed by atoms with Crippen LogP contribution in [0.1, 0.15) is 20.7 Å².